The van der Waals surface area contributed by atoms with Crippen molar-refractivity contribution >= 4 is 32.7 Å². The molecule has 4 aromatic carbocycles. The summed E-state index contributed by atoms with van der Waals surface area (Å²) < 4.78 is 0. The summed E-state index contributed by atoms with van der Waals surface area (Å²) in [7, 11) is 0. The fourth-order valence-corrected chi connectivity index (χ4v) is 5.85. The summed E-state index contributed by atoms with van der Waals surface area (Å²) in [6, 6.07) is 33.9. The summed E-state index contributed by atoms with van der Waals surface area (Å²) in [4.78, 5) is 5.21. The van der Waals surface area contributed by atoms with E-state index in [0.717, 1.165) is 43.8 Å². The van der Waals surface area contributed by atoms with Crippen LogP contribution in [0.4, 0.5) is 0 Å². The Morgan fingerprint density at radius 2 is 0.921 bits per heavy atom. The number of nitrogens with zero attached hydrogens (tertiary/aromatic N) is 5. The van der Waals surface area contributed by atoms with E-state index in [4.69, 9.17) is 4.98 Å². The van der Waals surface area contributed by atoms with Gasteiger partial charge in [-0.1, -0.05) is 72.8 Å². The van der Waals surface area contributed by atoms with Gasteiger partial charge in [-0.25, -0.2) is 4.98 Å². The van der Waals surface area contributed by atoms with Crippen LogP contribution in [0.2, 0.25) is 0 Å². The van der Waals surface area contributed by atoms with Crippen LogP contribution in [0.15, 0.2) is 90.0 Å². The van der Waals surface area contributed by atoms with E-state index in [-0.39, 0.29) is 11.1 Å². The third kappa shape index (κ3) is 2.62. The van der Waals surface area contributed by atoms with Crippen molar-refractivity contribution < 1.29 is 0 Å². The van der Waals surface area contributed by atoms with Gasteiger partial charge in [0.05, 0.1) is 11.4 Å². The Hall–Kier alpha value is -6.01. The van der Waals surface area contributed by atoms with E-state index in [0.29, 0.717) is 33.7 Å². The summed E-state index contributed by atoms with van der Waals surface area (Å²) >= 11 is 0. The second-order valence-electron chi connectivity index (χ2n) is 9.15. The maximum atomic E-state index is 9.87. The first-order chi connectivity index (χ1) is 18.7. The lowest BCUT2D eigenvalue weighted by Crippen LogP contribution is -1.94. The van der Waals surface area contributed by atoms with Crippen LogP contribution in [0, 0.1) is 45.3 Å². The van der Waals surface area contributed by atoms with Crippen LogP contribution in [-0.2, 0) is 0 Å². The summed E-state index contributed by atoms with van der Waals surface area (Å²) in [6.07, 6.45) is 0. The number of fused-ring (bicyclic) bond motifs is 10. The molecule has 1 aromatic heterocycles. The van der Waals surface area contributed by atoms with Gasteiger partial charge in [0, 0.05) is 33.4 Å². The highest BCUT2D eigenvalue weighted by Crippen LogP contribution is 2.54. The molecule has 0 fully saturated rings. The molecule has 0 N–H and O–H groups in total. The smallest absolute Gasteiger partial charge is 0.138 e. The van der Waals surface area contributed by atoms with Gasteiger partial charge in [0.25, 0.3) is 0 Å². The van der Waals surface area contributed by atoms with Crippen LogP contribution in [0.3, 0.4) is 0 Å². The molecular weight excluding hydrogens is 466 g/mol. The largest absolute Gasteiger partial charge is 0.246 e. The molecule has 0 amide bonds. The molecule has 0 aliphatic heterocycles. The number of allylic oxidation sites excluding steroid dienone is 2. The quantitative estimate of drug-likeness (QED) is 0.217. The Kier molecular flexibility index (Phi) is 4.34. The fourth-order valence-electron chi connectivity index (χ4n) is 5.85. The van der Waals surface area contributed by atoms with E-state index in [9.17, 15) is 21.0 Å². The van der Waals surface area contributed by atoms with Gasteiger partial charge in [-0.05, 0) is 38.7 Å². The average molecular weight is 480 g/mol. The van der Waals surface area contributed by atoms with Gasteiger partial charge in [0.2, 0.25) is 0 Å². The van der Waals surface area contributed by atoms with Crippen molar-refractivity contribution in [1.82, 2.24) is 4.98 Å². The van der Waals surface area contributed by atoms with Crippen molar-refractivity contribution in [3.05, 3.63) is 112 Å². The van der Waals surface area contributed by atoms with E-state index in [1.54, 1.807) is 0 Å². The highest BCUT2D eigenvalue weighted by Gasteiger charge is 2.36. The van der Waals surface area contributed by atoms with Crippen molar-refractivity contribution in [2.24, 2.45) is 0 Å². The first-order valence-electron chi connectivity index (χ1n) is 11.9. The molecule has 0 saturated carbocycles. The molecule has 5 aromatic rings. The molecule has 2 aliphatic carbocycles. The maximum absolute atomic E-state index is 9.87. The van der Waals surface area contributed by atoms with Crippen molar-refractivity contribution in [2.75, 3.05) is 0 Å². The Balaban J connectivity index is 1.70. The number of pyridine rings is 1. The van der Waals surface area contributed by atoms with E-state index in [1.165, 1.54) is 0 Å². The summed E-state index contributed by atoms with van der Waals surface area (Å²) in [5.41, 5.74) is 7.01. The molecule has 2 aliphatic rings. The van der Waals surface area contributed by atoms with Gasteiger partial charge in [0.1, 0.15) is 35.4 Å². The molecule has 0 saturated heterocycles. The van der Waals surface area contributed by atoms with Crippen molar-refractivity contribution in [3.63, 3.8) is 0 Å². The van der Waals surface area contributed by atoms with Crippen molar-refractivity contribution in [1.29, 1.82) is 21.0 Å². The van der Waals surface area contributed by atoms with E-state index >= 15 is 0 Å². The van der Waals surface area contributed by atoms with Crippen molar-refractivity contribution in [2.45, 2.75) is 0 Å². The van der Waals surface area contributed by atoms with Gasteiger partial charge < -0.3 is 0 Å². The predicted octanol–water partition coefficient (Wildman–Crippen LogP) is 7.05. The minimum Gasteiger partial charge on any atom is -0.246 e. The number of nitriles is 4. The van der Waals surface area contributed by atoms with Gasteiger partial charge in [-0.15, -0.1) is 0 Å². The molecule has 0 radical (unpaired) electrons. The molecule has 5 nitrogen and oxygen atoms in total. The third-order valence-corrected chi connectivity index (χ3v) is 7.38. The lowest BCUT2D eigenvalue weighted by Gasteiger charge is -2.09. The summed E-state index contributed by atoms with van der Waals surface area (Å²) in [6.45, 7) is 0. The van der Waals surface area contributed by atoms with Crippen LogP contribution in [-0.4, -0.2) is 4.98 Å². The van der Waals surface area contributed by atoms with E-state index < -0.39 is 0 Å². The Bertz CT molecular complexity index is 1980. The number of benzene rings is 4. The first kappa shape index (κ1) is 21.3. The van der Waals surface area contributed by atoms with Gasteiger partial charge in [-0.2, -0.15) is 21.0 Å². The molecule has 170 valence electrons. The van der Waals surface area contributed by atoms with Crippen LogP contribution in [0.1, 0.15) is 22.3 Å². The van der Waals surface area contributed by atoms with Crippen LogP contribution in [0.5, 0.6) is 0 Å². The fraction of sp³-hybridized carbons (Fsp3) is 0. The Labute approximate surface area is 217 Å². The molecule has 1 heterocycles. The van der Waals surface area contributed by atoms with Crippen LogP contribution < -0.4 is 0 Å². The standard InChI is InChI=1S/C33H13N5/c34-14-20(15-35)28-24-11-9-18-5-1-3-7-22(18)30(24)32-26(28)13-27-29(21(16-36)17-37)25-12-10-19-6-2-4-8-23(19)31(25)33(27)38-32/h1-13H. The predicted molar refractivity (Wildman–Crippen MR) is 145 cm³/mol. The third-order valence-electron chi connectivity index (χ3n) is 7.38. The molecule has 0 bridgehead atoms. The van der Waals surface area contributed by atoms with Crippen molar-refractivity contribution in [3.8, 4) is 46.8 Å². The normalized spacial score (nSPS) is 12.0. The second-order valence-corrected chi connectivity index (χ2v) is 9.15. The topological polar surface area (TPSA) is 108 Å². The summed E-state index contributed by atoms with van der Waals surface area (Å²) in [5.74, 6) is 0. The second kappa shape index (κ2) is 7.74. The molecular formula is C33H13N5. The Morgan fingerprint density at radius 1 is 0.500 bits per heavy atom. The molecule has 0 atom stereocenters. The average Bonchev–Trinajstić information content (AvgIpc) is 3.46. The van der Waals surface area contributed by atoms with Crippen LogP contribution in [0.25, 0.3) is 55.2 Å². The molecule has 38 heavy (non-hydrogen) atoms. The number of aromatic nitrogens is 1. The van der Waals surface area contributed by atoms with Crippen LogP contribution >= 0.6 is 0 Å². The van der Waals surface area contributed by atoms with Gasteiger partial charge in [0.15, 0.2) is 0 Å². The highest BCUT2D eigenvalue weighted by molar-refractivity contribution is 6.16. The minimum absolute atomic E-state index is 0.00527. The number of hydrogen-bond acceptors (Lipinski definition) is 5. The zero-order valence-electron chi connectivity index (χ0n) is 19.7. The molecule has 7 rings (SSSR count). The monoisotopic (exact) mass is 479 g/mol. The maximum Gasteiger partial charge on any atom is 0.138 e. The molecule has 0 unspecified atom stereocenters. The van der Waals surface area contributed by atoms with Gasteiger partial charge >= 0.3 is 0 Å². The lowest BCUT2D eigenvalue weighted by atomic mass is 9.94. The first-order valence-corrected chi connectivity index (χ1v) is 11.9. The Morgan fingerprint density at radius 3 is 1.34 bits per heavy atom. The molecule has 0 spiro atoms. The summed E-state index contributed by atoms with van der Waals surface area (Å²) in [5, 5.41) is 43.5. The lowest BCUT2D eigenvalue weighted by molar-refractivity contribution is 1.33. The van der Waals surface area contributed by atoms with E-state index in [1.807, 2.05) is 78.9 Å². The zero-order valence-corrected chi connectivity index (χ0v) is 19.7. The zero-order chi connectivity index (χ0) is 26.0. The number of rotatable bonds is 0. The van der Waals surface area contributed by atoms with E-state index in [2.05, 4.69) is 24.3 Å². The minimum atomic E-state index is -0.00527. The SMILES string of the molecule is N#CC(C#N)=C1c2cc3c(nc2-c2c1ccc1ccccc21)-c1c(ccc2ccccc12)C3=C(C#N)C#N. The highest BCUT2D eigenvalue weighted by atomic mass is 14.8. The van der Waals surface area contributed by atoms with Gasteiger partial charge in [-0.3, -0.25) is 0 Å². The molecule has 5 heteroatoms. The number of hydrogen-bond donors (Lipinski definition) is 0.